The van der Waals surface area contributed by atoms with Gasteiger partial charge in [-0.2, -0.15) is 13.2 Å². The highest BCUT2D eigenvalue weighted by atomic mass is 32.2. The van der Waals surface area contributed by atoms with Crippen molar-refractivity contribution in [2.45, 2.75) is 49.3 Å². The molecule has 0 fully saturated rings. The number of nitrogens with zero attached hydrogens (tertiary/aromatic N) is 3. The quantitative estimate of drug-likeness (QED) is 0.570. The average molecular weight is 462 g/mol. The van der Waals surface area contributed by atoms with Gasteiger partial charge in [-0.3, -0.25) is 4.79 Å². The summed E-state index contributed by atoms with van der Waals surface area (Å²) < 4.78 is 41.0. The molecule has 0 aliphatic carbocycles. The Morgan fingerprint density at radius 2 is 1.88 bits per heavy atom. The van der Waals surface area contributed by atoms with Gasteiger partial charge in [-0.25, -0.2) is 4.68 Å². The topological polar surface area (TPSA) is 71.8 Å². The van der Waals surface area contributed by atoms with Crippen molar-refractivity contribution in [3.05, 3.63) is 71.0 Å². The predicted octanol–water partition coefficient (Wildman–Crippen LogP) is 4.82. The maximum Gasteiger partial charge on any atom is 0.416 e. The first-order valence-electron chi connectivity index (χ1n) is 10.2. The average Bonchev–Trinajstić information content (AvgIpc) is 3.20. The number of amides is 1. The van der Waals surface area contributed by atoms with Crippen molar-refractivity contribution in [3.63, 3.8) is 0 Å². The molecule has 0 bridgehead atoms. The largest absolute Gasteiger partial charge is 0.416 e. The highest BCUT2D eigenvalue weighted by Crippen LogP contribution is 2.38. The second kappa shape index (κ2) is 8.85. The number of carbonyl (C=O) groups is 1. The highest BCUT2D eigenvalue weighted by molar-refractivity contribution is 8.00. The lowest BCUT2D eigenvalue weighted by molar-refractivity contribution is -0.137. The number of hydrogen-bond acceptors (Lipinski definition) is 5. The molecule has 2 heterocycles. The number of thioether (sulfide) groups is 1. The molecular weight excluding hydrogens is 439 g/mol. The van der Waals surface area contributed by atoms with Gasteiger partial charge in [0.15, 0.2) is 5.82 Å². The third kappa shape index (κ3) is 4.45. The second-order valence-corrected chi connectivity index (χ2v) is 8.50. The van der Waals surface area contributed by atoms with Gasteiger partial charge < -0.3 is 10.7 Å². The summed E-state index contributed by atoms with van der Waals surface area (Å²) in [4.78, 5) is 13.2. The molecule has 32 heavy (non-hydrogen) atoms. The number of aryl methyl sites for hydroxylation is 2. The molecule has 0 radical (unpaired) electrons. The van der Waals surface area contributed by atoms with Gasteiger partial charge in [-0.1, -0.05) is 55.9 Å². The smallest absolute Gasteiger partial charge is 0.325 e. The van der Waals surface area contributed by atoms with Crippen LogP contribution in [0.4, 0.5) is 18.9 Å². The molecule has 1 amide bonds. The van der Waals surface area contributed by atoms with Crippen LogP contribution in [-0.2, 0) is 23.8 Å². The maximum absolute atomic E-state index is 13.2. The van der Waals surface area contributed by atoms with E-state index >= 15 is 0 Å². The molecular formula is C22H22F3N5OS. The van der Waals surface area contributed by atoms with Gasteiger partial charge in [0.1, 0.15) is 5.25 Å². The van der Waals surface area contributed by atoms with Crippen LogP contribution in [0.5, 0.6) is 0 Å². The Kier molecular flexibility index (Phi) is 6.14. The molecule has 10 heteroatoms. The Bertz CT molecular complexity index is 1110. The normalized spacial score (nSPS) is 18.0. The van der Waals surface area contributed by atoms with Crippen LogP contribution in [-0.4, -0.2) is 26.0 Å². The molecule has 0 saturated carbocycles. The molecule has 1 aliphatic rings. The van der Waals surface area contributed by atoms with Crippen molar-refractivity contribution in [3.8, 4) is 0 Å². The maximum atomic E-state index is 13.2. The molecule has 3 aromatic rings. The van der Waals surface area contributed by atoms with Crippen LogP contribution in [0.1, 0.15) is 42.4 Å². The zero-order valence-electron chi connectivity index (χ0n) is 17.5. The molecule has 168 valence electrons. The molecule has 2 aromatic carbocycles. The summed E-state index contributed by atoms with van der Waals surface area (Å²) in [6.45, 7) is 4.02. The van der Waals surface area contributed by atoms with Crippen molar-refractivity contribution in [2.24, 2.45) is 0 Å². The van der Waals surface area contributed by atoms with E-state index in [4.69, 9.17) is 0 Å². The van der Waals surface area contributed by atoms with Crippen LogP contribution in [0.15, 0.2) is 53.7 Å². The monoisotopic (exact) mass is 461 g/mol. The second-order valence-electron chi connectivity index (χ2n) is 7.40. The lowest BCUT2D eigenvalue weighted by Crippen LogP contribution is -2.41. The van der Waals surface area contributed by atoms with Crippen LogP contribution < -0.4 is 10.7 Å². The summed E-state index contributed by atoms with van der Waals surface area (Å²) in [5.74, 6) is 0.318. The Labute approximate surface area is 187 Å². The van der Waals surface area contributed by atoms with Gasteiger partial charge in [0.2, 0.25) is 11.1 Å². The van der Waals surface area contributed by atoms with Crippen molar-refractivity contribution in [1.29, 1.82) is 0 Å². The van der Waals surface area contributed by atoms with Gasteiger partial charge in [-0.15, -0.1) is 10.2 Å². The first kappa shape index (κ1) is 22.2. The fraction of sp³-hybridized carbons (Fsp3) is 0.318. The minimum Gasteiger partial charge on any atom is -0.325 e. The van der Waals surface area contributed by atoms with E-state index in [-0.39, 0.29) is 5.69 Å². The molecule has 0 saturated heterocycles. The number of alkyl halides is 3. The van der Waals surface area contributed by atoms with Gasteiger partial charge in [0, 0.05) is 12.1 Å². The fourth-order valence-electron chi connectivity index (χ4n) is 3.53. The summed E-state index contributed by atoms with van der Waals surface area (Å²) >= 11 is 1.24. The van der Waals surface area contributed by atoms with Crippen LogP contribution in [0.25, 0.3) is 0 Å². The molecule has 6 nitrogen and oxygen atoms in total. The van der Waals surface area contributed by atoms with Crippen molar-refractivity contribution < 1.29 is 18.0 Å². The number of rotatable bonds is 5. The number of carbonyl (C=O) groups excluding carboxylic acids is 1. The zero-order chi connectivity index (χ0) is 22.9. The number of nitrogens with one attached hydrogen (secondary N) is 2. The van der Waals surface area contributed by atoms with Gasteiger partial charge >= 0.3 is 6.18 Å². The number of anilines is 1. The minimum absolute atomic E-state index is 0.0896. The number of fused-ring (bicyclic) bond motifs is 1. The minimum atomic E-state index is -4.49. The van der Waals surface area contributed by atoms with E-state index in [1.54, 1.807) is 4.68 Å². The highest BCUT2D eigenvalue weighted by Gasteiger charge is 2.38. The first-order valence-corrected chi connectivity index (χ1v) is 11.1. The van der Waals surface area contributed by atoms with E-state index in [0.717, 1.165) is 29.9 Å². The van der Waals surface area contributed by atoms with Gasteiger partial charge in [0.25, 0.3) is 0 Å². The first-order chi connectivity index (χ1) is 15.3. The van der Waals surface area contributed by atoms with E-state index in [1.807, 2.05) is 31.2 Å². The van der Waals surface area contributed by atoms with Crippen molar-refractivity contribution in [2.75, 3.05) is 10.7 Å². The van der Waals surface area contributed by atoms with Crippen LogP contribution in [0.2, 0.25) is 0 Å². The molecule has 1 aliphatic heterocycles. The van der Waals surface area contributed by atoms with Crippen LogP contribution in [0.3, 0.4) is 0 Å². The molecule has 0 unspecified atom stereocenters. The SMILES string of the molecule is CCc1ccc([C@H]2Nn3c(CC)nnc3S[C@H]2C(=O)Nc2cccc(C(F)(F)F)c2)cc1. The molecule has 2 atom stereocenters. The Morgan fingerprint density at radius 1 is 1.12 bits per heavy atom. The van der Waals surface area contributed by atoms with Crippen LogP contribution in [0, 0.1) is 0 Å². The summed E-state index contributed by atoms with van der Waals surface area (Å²) in [5, 5.41) is 10.8. The molecule has 4 rings (SSSR count). The summed E-state index contributed by atoms with van der Waals surface area (Å²) in [6.07, 6.45) is -2.94. The third-order valence-corrected chi connectivity index (χ3v) is 6.50. The molecule has 1 aromatic heterocycles. The summed E-state index contributed by atoms with van der Waals surface area (Å²) in [5.41, 5.74) is 4.66. The Balaban J connectivity index is 1.65. The number of benzene rings is 2. The number of hydrogen-bond donors (Lipinski definition) is 2. The summed E-state index contributed by atoms with van der Waals surface area (Å²) in [6, 6.07) is 12.1. The predicted molar refractivity (Wildman–Crippen MR) is 117 cm³/mol. The summed E-state index contributed by atoms with van der Waals surface area (Å²) in [7, 11) is 0. The van der Waals surface area contributed by atoms with E-state index in [9.17, 15) is 18.0 Å². The van der Waals surface area contributed by atoms with Gasteiger partial charge in [0.05, 0.1) is 11.6 Å². The Hall–Kier alpha value is -3.01. The standard InChI is InChI=1S/C22H22F3N5OS/c1-3-13-8-10-14(11-9-13)18-19(32-21-28-27-17(4-2)30(21)29-18)20(31)26-16-7-5-6-15(12-16)22(23,24)25/h5-12,18-19,29H,3-4H2,1-2H3,(H,26,31)/t18-,19-/m1/s1. The lowest BCUT2D eigenvalue weighted by atomic mass is 10.0. The van der Waals surface area contributed by atoms with Crippen molar-refractivity contribution >= 4 is 23.4 Å². The van der Waals surface area contributed by atoms with Gasteiger partial charge in [-0.05, 0) is 35.7 Å². The van der Waals surface area contributed by atoms with E-state index in [2.05, 4.69) is 27.9 Å². The fourth-order valence-corrected chi connectivity index (χ4v) is 4.62. The third-order valence-electron chi connectivity index (χ3n) is 5.28. The molecule has 0 spiro atoms. The zero-order valence-corrected chi connectivity index (χ0v) is 18.3. The molecule has 2 N–H and O–H groups in total. The Morgan fingerprint density at radius 3 is 2.53 bits per heavy atom. The van der Waals surface area contributed by atoms with Crippen LogP contribution >= 0.6 is 11.8 Å². The lowest BCUT2D eigenvalue weighted by Gasteiger charge is -2.33. The van der Waals surface area contributed by atoms with E-state index < -0.39 is 28.9 Å². The number of aromatic nitrogens is 3. The number of halogens is 3. The van der Waals surface area contributed by atoms with Crippen molar-refractivity contribution in [1.82, 2.24) is 14.9 Å². The van der Waals surface area contributed by atoms with E-state index in [0.29, 0.717) is 11.6 Å². The van der Waals surface area contributed by atoms with E-state index in [1.165, 1.54) is 29.5 Å².